The number of hydrogen-bond acceptors (Lipinski definition) is 8. The number of esters is 1. The molecule has 8 heteroatoms. The fourth-order valence-electron chi connectivity index (χ4n) is 5.89. The minimum absolute atomic E-state index is 0.0293. The van der Waals surface area contributed by atoms with Crippen LogP contribution in [0.2, 0.25) is 0 Å². The lowest BCUT2D eigenvalue weighted by molar-refractivity contribution is -0.283. The van der Waals surface area contributed by atoms with Crippen LogP contribution < -0.4 is 0 Å². The van der Waals surface area contributed by atoms with E-state index in [0.717, 1.165) is 5.57 Å². The first-order chi connectivity index (χ1) is 18.3. The Morgan fingerprint density at radius 1 is 1.03 bits per heavy atom. The number of carbonyl (C=O) groups is 2. The Morgan fingerprint density at radius 3 is 2.28 bits per heavy atom. The fraction of sp³-hybridized carbons (Fsp3) is 0.806. The molecule has 0 unspecified atom stereocenters. The highest BCUT2D eigenvalue weighted by atomic mass is 16.7. The second kappa shape index (κ2) is 15.4. The summed E-state index contributed by atoms with van der Waals surface area (Å²) in [6, 6.07) is -0.143. The molecule has 39 heavy (non-hydrogen) atoms. The fourth-order valence-corrected chi connectivity index (χ4v) is 5.89. The molecular weight excluding hydrogens is 498 g/mol. The molecule has 2 rings (SSSR count). The van der Waals surface area contributed by atoms with Gasteiger partial charge in [-0.3, -0.25) is 9.59 Å². The predicted octanol–water partition coefficient (Wildman–Crippen LogP) is 4.28. The number of cyclic esters (lactones) is 1. The summed E-state index contributed by atoms with van der Waals surface area (Å²) in [6.45, 7) is 13.6. The molecule has 0 aromatic heterocycles. The Bertz CT molecular complexity index is 856. The van der Waals surface area contributed by atoms with Gasteiger partial charge in [-0.1, -0.05) is 58.8 Å². The molecule has 0 spiro atoms. The van der Waals surface area contributed by atoms with Crippen molar-refractivity contribution < 1.29 is 34.0 Å². The van der Waals surface area contributed by atoms with E-state index in [1.54, 1.807) is 6.08 Å². The van der Waals surface area contributed by atoms with E-state index in [9.17, 15) is 19.8 Å². The summed E-state index contributed by atoms with van der Waals surface area (Å²) in [4.78, 5) is 28.0. The summed E-state index contributed by atoms with van der Waals surface area (Å²) in [6.07, 6.45) is 4.02. The zero-order valence-electron chi connectivity index (χ0n) is 25.5. The molecule has 0 aromatic rings. The maximum Gasteiger partial charge on any atom is 0.308 e. The predicted molar refractivity (Wildman–Crippen MR) is 152 cm³/mol. The van der Waals surface area contributed by atoms with Gasteiger partial charge in [0.1, 0.15) is 12.2 Å². The van der Waals surface area contributed by atoms with Crippen LogP contribution in [0.15, 0.2) is 23.8 Å². The average Bonchev–Trinajstić information content (AvgIpc) is 2.87. The maximum atomic E-state index is 13.1. The number of aliphatic hydroxyl groups is 2. The molecule has 8 nitrogen and oxygen atoms in total. The Morgan fingerprint density at radius 2 is 1.69 bits per heavy atom. The summed E-state index contributed by atoms with van der Waals surface area (Å²) in [5, 5.41) is 22.4. The van der Waals surface area contributed by atoms with Crippen LogP contribution in [0.1, 0.15) is 80.6 Å². The highest BCUT2D eigenvalue weighted by Crippen LogP contribution is 2.34. The van der Waals surface area contributed by atoms with Gasteiger partial charge < -0.3 is 29.3 Å². The number of ether oxygens (including phenoxy) is 3. The molecule has 11 atom stereocenters. The lowest BCUT2D eigenvalue weighted by atomic mass is 9.80. The number of allylic oxidation sites excluding steroid dienone is 3. The largest absolute Gasteiger partial charge is 0.462 e. The maximum absolute atomic E-state index is 13.1. The summed E-state index contributed by atoms with van der Waals surface area (Å²) in [7, 11) is 3.84. The lowest BCUT2D eigenvalue weighted by Crippen LogP contribution is -2.56. The summed E-state index contributed by atoms with van der Waals surface area (Å²) in [5.74, 6) is -1.32. The van der Waals surface area contributed by atoms with Gasteiger partial charge in [0.25, 0.3) is 0 Å². The molecule has 0 saturated carbocycles. The van der Waals surface area contributed by atoms with Crippen LogP contribution in [0.25, 0.3) is 0 Å². The van der Waals surface area contributed by atoms with Gasteiger partial charge >= 0.3 is 5.97 Å². The van der Waals surface area contributed by atoms with Gasteiger partial charge in [0, 0.05) is 23.8 Å². The number of likely N-dealkylation sites (N-methyl/N-ethyl adjacent to an activating group) is 1. The first-order valence-corrected chi connectivity index (χ1v) is 14.7. The van der Waals surface area contributed by atoms with Crippen LogP contribution in [0.3, 0.4) is 0 Å². The van der Waals surface area contributed by atoms with Crippen molar-refractivity contribution in [2.45, 2.75) is 123 Å². The molecule has 0 aromatic carbocycles. The van der Waals surface area contributed by atoms with Gasteiger partial charge in [0.15, 0.2) is 12.1 Å². The number of carbonyl (C=O) groups excluding carboxylic acids is 2. The number of aliphatic hydroxyl groups excluding tert-OH is 2. The number of ketones is 1. The van der Waals surface area contributed by atoms with Crippen molar-refractivity contribution in [3.05, 3.63) is 23.8 Å². The third-order valence-corrected chi connectivity index (χ3v) is 8.51. The first-order valence-electron chi connectivity index (χ1n) is 14.7. The van der Waals surface area contributed by atoms with E-state index < -0.39 is 36.5 Å². The molecule has 0 radical (unpaired) electrons. The molecule has 0 amide bonds. The second-order valence-electron chi connectivity index (χ2n) is 12.1. The Kier molecular flexibility index (Phi) is 13.3. The quantitative estimate of drug-likeness (QED) is 0.488. The first kappa shape index (κ1) is 33.6. The van der Waals surface area contributed by atoms with Crippen molar-refractivity contribution in [1.82, 2.24) is 4.90 Å². The van der Waals surface area contributed by atoms with Gasteiger partial charge in [-0.2, -0.15) is 0 Å². The molecule has 2 heterocycles. The molecule has 1 saturated heterocycles. The molecule has 0 bridgehead atoms. The summed E-state index contributed by atoms with van der Waals surface area (Å²) in [5.41, 5.74) is 0.930. The van der Waals surface area contributed by atoms with E-state index in [-0.39, 0.29) is 48.2 Å². The highest BCUT2D eigenvalue weighted by Gasteiger charge is 2.43. The second-order valence-corrected chi connectivity index (χ2v) is 12.1. The minimum atomic E-state index is -1.02. The molecule has 2 aliphatic rings. The van der Waals surface area contributed by atoms with Crippen molar-refractivity contribution in [2.75, 3.05) is 14.1 Å². The van der Waals surface area contributed by atoms with Crippen molar-refractivity contribution in [2.24, 2.45) is 23.7 Å². The van der Waals surface area contributed by atoms with Crippen molar-refractivity contribution in [3.63, 3.8) is 0 Å². The van der Waals surface area contributed by atoms with Gasteiger partial charge in [-0.25, -0.2) is 0 Å². The minimum Gasteiger partial charge on any atom is -0.462 e. The van der Waals surface area contributed by atoms with Gasteiger partial charge in [-0.05, 0) is 59.2 Å². The van der Waals surface area contributed by atoms with Crippen LogP contribution in [0, 0.1) is 23.7 Å². The highest BCUT2D eigenvalue weighted by molar-refractivity contribution is 5.91. The van der Waals surface area contributed by atoms with Crippen molar-refractivity contribution in [3.8, 4) is 0 Å². The number of nitrogens with zero attached hydrogens (tertiary/aromatic N) is 1. The van der Waals surface area contributed by atoms with Crippen LogP contribution in [0.4, 0.5) is 0 Å². The Labute approximate surface area is 235 Å². The average molecular weight is 552 g/mol. The van der Waals surface area contributed by atoms with Gasteiger partial charge in [0.2, 0.25) is 0 Å². The van der Waals surface area contributed by atoms with Crippen LogP contribution in [0.5, 0.6) is 0 Å². The zero-order chi connectivity index (χ0) is 29.4. The zero-order valence-corrected chi connectivity index (χ0v) is 25.5. The van der Waals surface area contributed by atoms with Crippen LogP contribution in [-0.4, -0.2) is 83.8 Å². The van der Waals surface area contributed by atoms with E-state index in [0.29, 0.717) is 25.7 Å². The molecular formula is C31H53NO7. The lowest BCUT2D eigenvalue weighted by Gasteiger charge is -2.44. The summed E-state index contributed by atoms with van der Waals surface area (Å²) >= 11 is 0. The number of hydrogen-bond donors (Lipinski definition) is 2. The smallest absolute Gasteiger partial charge is 0.308 e. The van der Waals surface area contributed by atoms with E-state index in [1.807, 2.05) is 79.6 Å². The third-order valence-electron chi connectivity index (χ3n) is 8.51. The van der Waals surface area contributed by atoms with E-state index >= 15 is 0 Å². The van der Waals surface area contributed by atoms with Crippen molar-refractivity contribution in [1.29, 1.82) is 0 Å². The number of rotatable bonds is 5. The van der Waals surface area contributed by atoms with Gasteiger partial charge in [-0.15, -0.1) is 0 Å². The molecule has 224 valence electrons. The van der Waals surface area contributed by atoms with Crippen molar-refractivity contribution >= 4 is 11.8 Å². The van der Waals surface area contributed by atoms with Crippen LogP contribution in [-0.2, 0) is 23.8 Å². The topological polar surface area (TPSA) is 106 Å². The molecule has 2 aliphatic heterocycles. The molecule has 2 N–H and O–H groups in total. The van der Waals surface area contributed by atoms with E-state index in [1.165, 1.54) is 0 Å². The normalized spacial score (nSPS) is 42.1. The molecule has 1 fully saturated rings. The standard InChI is InChI=1S/C31H53NO7/c1-10-23-15-19(4)25(33)13-12-18(3)14-20(5)27(11-2)38-28(35)17-26(34)22(7)30(23)39-31-29(36)24(32(8)9)16-21(6)37-31/h12-14,19-24,26-27,29-31,34,36H,10-11,15-17H2,1-9H3/b13-12-,18-14-/t19-,20+,21+,22-,23-,24-,26-,27+,29+,30-,31+/m0/s1. The Balaban J connectivity index is 2.43. The monoisotopic (exact) mass is 551 g/mol. The Hall–Kier alpha value is -1.58. The van der Waals surface area contributed by atoms with E-state index in [4.69, 9.17) is 14.2 Å². The third kappa shape index (κ3) is 9.49. The molecule has 0 aliphatic carbocycles. The van der Waals surface area contributed by atoms with Crippen LogP contribution >= 0.6 is 0 Å². The van der Waals surface area contributed by atoms with Gasteiger partial charge in [0.05, 0.1) is 24.7 Å². The SMILES string of the molecule is CC[C@H]1C[C@H](C)C(=O)/C=C\C(C)=C/[C@@H](C)[C@@H](CC)OC(=O)C[C@H](O)[C@H](C)[C@@H]1O[C@H]1O[C@H](C)C[C@H](N(C)C)[C@H]1O. The van der Waals surface area contributed by atoms with E-state index in [2.05, 4.69) is 0 Å². The summed E-state index contributed by atoms with van der Waals surface area (Å²) < 4.78 is 18.4.